The molecule has 1 N–H and O–H groups in total. The number of carbonyl (C=O) groups is 1. The Kier molecular flexibility index (Phi) is 6.21. The Morgan fingerprint density at radius 1 is 0.722 bits per heavy atom. The molecule has 0 radical (unpaired) electrons. The lowest BCUT2D eigenvalue weighted by molar-refractivity contribution is -0.141. The number of pyridine rings is 1. The van der Waals surface area contributed by atoms with Crippen molar-refractivity contribution in [3.63, 3.8) is 0 Å². The molecule has 0 atom stereocenters. The average Bonchev–Trinajstić information content (AvgIpc) is 2.83. The van der Waals surface area contributed by atoms with Crippen molar-refractivity contribution in [1.29, 1.82) is 0 Å². The molecule has 0 saturated carbocycles. The average molecular weight is 507 g/mol. The second kappa shape index (κ2) is 9.02. The predicted octanol–water partition coefficient (Wildman–Crippen LogP) is 6.75. The fraction of sp³-hybridized carbons (Fsp3) is 0.0833. The minimum atomic E-state index is -4.89. The van der Waals surface area contributed by atoms with Gasteiger partial charge in [-0.15, -0.1) is 0 Å². The van der Waals surface area contributed by atoms with Crippen LogP contribution in [0.3, 0.4) is 0 Å². The van der Waals surface area contributed by atoms with Gasteiger partial charge in [0.1, 0.15) is 17.2 Å². The van der Waals surface area contributed by atoms with Gasteiger partial charge in [-0.1, -0.05) is 24.3 Å². The van der Waals surface area contributed by atoms with E-state index in [-0.39, 0.29) is 28.2 Å². The van der Waals surface area contributed by atoms with Crippen LogP contribution in [0.25, 0.3) is 33.8 Å². The Bertz CT molecular complexity index is 1450. The molecule has 4 aromatic rings. The Morgan fingerprint density at radius 2 is 1.36 bits per heavy atom. The van der Waals surface area contributed by atoms with Crippen LogP contribution >= 0.6 is 0 Å². The van der Waals surface area contributed by atoms with Gasteiger partial charge in [-0.25, -0.2) is 19.2 Å². The number of carboxylic acids is 1. The minimum absolute atomic E-state index is 0.0981. The van der Waals surface area contributed by atoms with Crippen molar-refractivity contribution in [2.75, 3.05) is 0 Å². The Hall–Kier alpha value is -4.35. The van der Waals surface area contributed by atoms with Crippen LogP contribution in [0.1, 0.15) is 21.7 Å². The molecule has 0 saturated heterocycles. The zero-order valence-corrected chi connectivity index (χ0v) is 17.7. The van der Waals surface area contributed by atoms with Gasteiger partial charge in [-0.05, 0) is 47.5 Å². The number of benzene rings is 2. The third-order valence-electron chi connectivity index (χ3n) is 5.02. The predicted molar refractivity (Wildman–Crippen MR) is 113 cm³/mol. The fourth-order valence-electron chi connectivity index (χ4n) is 3.29. The van der Waals surface area contributed by atoms with Crippen LogP contribution in [0.15, 0.2) is 66.9 Å². The first kappa shape index (κ1) is 24.8. The van der Waals surface area contributed by atoms with Crippen molar-refractivity contribution in [3.8, 4) is 33.8 Å². The van der Waals surface area contributed by atoms with Gasteiger partial charge in [0.25, 0.3) is 0 Å². The number of rotatable bonds is 4. The molecule has 12 heteroatoms. The van der Waals surface area contributed by atoms with E-state index in [1.165, 1.54) is 30.3 Å². The first-order chi connectivity index (χ1) is 16.8. The van der Waals surface area contributed by atoms with Gasteiger partial charge in [-0.3, -0.25) is 4.98 Å². The summed E-state index contributed by atoms with van der Waals surface area (Å²) in [6.45, 7) is 0. The van der Waals surface area contributed by atoms with E-state index < -0.39 is 41.1 Å². The second-order valence-electron chi connectivity index (χ2n) is 7.47. The molecular formula is C24H12F7N3O2. The molecule has 0 unspecified atom stereocenters. The van der Waals surface area contributed by atoms with E-state index in [1.54, 1.807) is 0 Å². The maximum Gasteiger partial charge on any atom is 0.433 e. The maximum atomic E-state index is 13.8. The van der Waals surface area contributed by atoms with Gasteiger partial charge >= 0.3 is 18.3 Å². The van der Waals surface area contributed by atoms with Crippen molar-refractivity contribution >= 4 is 5.97 Å². The quantitative estimate of drug-likeness (QED) is 0.310. The highest BCUT2D eigenvalue weighted by molar-refractivity contribution is 5.90. The van der Waals surface area contributed by atoms with Crippen LogP contribution in [-0.4, -0.2) is 26.0 Å². The zero-order valence-electron chi connectivity index (χ0n) is 17.7. The van der Waals surface area contributed by atoms with E-state index in [4.69, 9.17) is 5.11 Å². The van der Waals surface area contributed by atoms with E-state index in [0.29, 0.717) is 17.7 Å². The van der Waals surface area contributed by atoms with Gasteiger partial charge in [0.15, 0.2) is 5.82 Å². The summed E-state index contributed by atoms with van der Waals surface area (Å²) >= 11 is 0. The summed E-state index contributed by atoms with van der Waals surface area (Å²) in [7, 11) is 0. The molecule has 2 aromatic heterocycles. The van der Waals surface area contributed by atoms with Crippen LogP contribution in [-0.2, 0) is 12.4 Å². The topological polar surface area (TPSA) is 76.0 Å². The van der Waals surface area contributed by atoms with Gasteiger partial charge < -0.3 is 5.11 Å². The number of carboxylic acid groups (broad SMARTS) is 1. The summed E-state index contributed by atoms with van der Waals surface area (Å²) in [5.41, 5.74) is -2.84. The van der Waals surface area contributed by atoms with Crippen molar-refractivity contribution in [3.05, 3.63) is 89.6 Å². The highest BCUT2D eigenvalue weighted by Crippen LogP contribution is 2.34. The van der Waals surface area contributed by atoms with Gasteiger partial charge in [0, 0.05) is 17.3 Å². The molecule has 36 heavy (non-hydrogen) atoms. The summed E-state index contributed by atoms with van der Waals surface area (Å²) < 4.78 is 92.8. The molecule has 5 nitrogen and oxygen atoms in total. The highest BCUT2D eigenvalue weighted by Gasteiger charge is 2.35. The minimum Gasteiger partial charge on any atom is -0.478 e. The molecule has 4 rings (SSSR count). The van der Waals surface area contributed by atoms with Crippen molar-refractivity contribution < 1.29 is 40.6 Å². The molecule has 0 aliphatic carbocycles. The standard InChI is InChI=1S/C24H12F7N3O2/c25-17-6-4-13(9-16(17)22(35)36)12-2-1-3-14(8-12)21-33-18(10-20(34-21)24(29,30)31)15-5-7-19(32-11-15)23(26,27)28/h1-11H,(H,35,36). The molecule has 184 valence electrons. The Balaban J connectivity index is 1.82. The molecule has 0 amide bonds. The number of hydrogen-bond acceptors (Lipinski definition) is 4. The third-order valence-corrected chi connectivity index (χ3v) is 5.02. The van der Waals surface area contributed by atoms with E-state index in [0.717, 1.165) is 24.4 Å². The maximum absolute atomic E-state index is 13.8. The van der Waals surface area contributed by atoms with Crippen molar-refractivity contribution in [2.24, 2.45) is 0 Å². The molecule has 2 heterocycles. The highest BCUT2D eigenvalue weighted by atomic mass is 19.4. The lowest BCUT2D eigenvalue weighted by Crippen LogP contribution is -2.11. The molecule has 0 aliphatic heterocycles. The second-order valence-corrected chi connectivity index (χ2v) is 7.47. The Morgan fingerprint density at radius 3 is 1.97 bits per heavy atom. The number of hydrogen-bond donors (Lipinski definition) is 1. The first-order valence-corrected chi connectivity index (χ1v) is 9.96. The number of alkyl halides is 6. The van der Waals surface area contributed by atoms with Crippen LogP contribution in [0.5, 0.6) is 0 Å². The van der Waals surface area contributed by atoms with Gasteiger partial charge in [-0.2, -0.15) is 26.3 Å². The lowest BCUT2D eigenvalue weighted by Gasteiger charge is -2.12. The fourth-order valence-corrected chi connectivity index (χ4v) is 3.29. The number of halogens is 7. The summed E-state index contributed by atoms with van der Waals surface area (Å²) in [5, 5.41) is 9.14. The molecule has 0 fully saturated rings. The molecule has 2 aromatic carbocycles. The van der Waals surface area contributed by atoms with Crippen LogP contribution in [0, 0.1) is 5.82 Å². The molecular weight excluding hydrogens is 495 g/mol. The smallest absolute Gasteiger partial charge is 0.433 e. The zero-order chi connectivity index (χ0) is 26.3. The van der Waals surface area contributed by atoms with E-state index >= 15 is 0 Å². The molecule has 0 aliphatic rings. The van der Waals surface area contributed by atoms with Crippen LogP contribution in [0.4, 0.5) is 30.7 Å². The monoisotopic (exact) mass is 507 g/mol. The van der Waals surface area contributed by atoms with Crippen molar-refractivity contribution in [1.82, 2.24) is 15.0 Å². The van der Waals surface area contributed by atoms with Gasteiger partial charge in [0.2, 0.25) is 0 Å². The number of aromatic nitrogens is 3. The molecule has 0 spiro atoms. The first-order valence-electron chi connectivity index (χ1n) is 9.96. The largest absolute Gasteiger partial charge is 0.478 e. The SMILES string of the molecule is O=C(O)c1cc(-c2cccc(-c3nc(-c4ccc(C(F)(F)F)nc4)cc(C(F)(F)F)n3)c2)ccc1F. The van der Waals surface area contributed by atoms with E-state index in [1.807, 2.05) is 0 Å². The van der Waals surface area contributed by atoms with Crippen LogP contribution < -0.4 is 0 Å². The summed E-state index contributed by atoms with van der Waals surface area (Å²) in [6, 6.07) is 11.2. The summed E-state index contributed by atoms with van der Waals surface area (Å²) in [4.78, 5) is 22.1. The van der Waals surface area contributed by atoms with E-state index in [9.17, 15) is 35.5 Å². The lowest BCUT2D eigenvalue weighted by atomic mass is 10.0. The molecule has 0 bridgehead atoms. The normalized spacial score (nSPS) is 12.0. The van der Waals surface area contributed by atoms with Crippen molar-refractivity contribution in [2.45, 2.75) is 12.4 Å². The third kappa shape index (κ3) is 5.16. The summed E-state index contributed by atoms with van der Waals surface area (Å²) in [5.74, 6) is -2.85. The number of nitrogens with zero attached hydrogens (tertiary/aromatic N) is 3. The van der Waals surface area contributed by atoms with Crippen LogP contribution in [0.2, 0.25) is 0 Å². The van der Waals surface area contributed by atoms with Gasteiger partial charge in [0.05, 0.1) is 11.3 Å². The summed E-state index contributed by atoms with van der Waals surface area (Å²) in [6.07, 6.45) is -8.86. The number of aromatic carboxylic acids is 1. The Labute approximate surface area is 197 Å². The van der Waals surface area contributed by atoms with E-state index in [2.05, 4.69) is 15.0 Å².